The summed E-state index contributed by atoms with van der Waals surface area (Å²) in [5, 5.41) is 0. The van der Waals surface area contributed by atoms with Crippen molar-refractivity contribution >= 4 is 17.9 Å². The van der Waals surface area contributed by atoms with Crippen LogP contribution in [0.4, 0.5) is 0 Å². The van der Waals surface area contributed by atoms with Crippen LogP contribution in [0.2, 0.25) is 0 Å². The number of esters is 3. The van der Waals surface area contributed by atoms with Gasteiger partial charge < -0.3 is 14.2 Å². The molecule has 0 N–H and O–H groups in total. The van der Waals surface area contributed by atoms with Crippen LogP contribution in [0.15, 0.2) is 36.5 Å². The van der Waals surface area contributed by atoms with Crippen LogP contribution in [-0.4, -0.2) is 37.2 Å². The molecular weight excluding hydrogens is 985 g/mol. The summed E-state index contributed by atoms with van der Waals surface area (Å²) >= 11 is 0. The highest BCUT2D eigenvalue weighted by molar-refractivity contribution is 5.71. The molecule has 0 aromatic carbocycles. The van der Waals surface area contributed by atoms with E-state index < -0.39 is 6.10 Å². The number of allylic oxidation sites excluding steroid dienone is 6. The Morgan fingerprint density at radius 1 is 0.250 bits per heavy atom. The Bertz CT molecular complexity index is 1340. The van der Waals surface area contributed by atoms with Crippen molar-refractivity contribution in [3.63, 3.8) is 0 Å². The molecule has 1 atom stereocenters. The molecule has 0 heterocycles. The highest BCUT2D eigenvalue weighted by atomic mass is 16.6. The van der Waals surface area contributed by atoms with E-state index in [2.05, 4.69) is 57.2 Å². The molecule has 0 aliphatic carbocycles. The molecule has 6 nitrogen and oxygen atoms in total. The van der Waals surface area contributed by atoms with Gasteiger partial charge in [0.05, 0.1) is 0 Å². The maximum atomic E-state index is 13.0. The fraction of sp³-hybridized carbons (Fsp3) is 0.878. The van der Waals surface area contributed by atoms with E-state index in [0.717, 1.165) is 70.6 Å². The van der Waals surface area contributed by atoms with E-state index in [-0.39, 0.29) is 31.1 Å². The van der Waals surface area contributed by atoms with Gasteiger partial charge in [-0.2, -0.15) is 0 Å². The Kier molecular flexibility index (Phi) is 67.1. The lowest BCUT2D eigenvalue weighted by atomic mass is 10.0. The summed E-state index contributed by atoms with van der Waals surface area (Å²) in [5.41, 5.74) is 0. The van der Waals surface area contributed by atoms with Crippen molar-refractivity contribution in [2.45, 2.75) is 406 Å². The van der Waals surface area contributed by atoms with E-state index >= 15 is 0 Å². The van der Waals surface area contributed by atoms with E-state index in [1.54, 1.807) is 0 Å². The predicted molar refractivity (Wildman–Crippen MR) is 349 cm³/mol. The largest absolute Gasteiger partial charge is 0.462 e. The van der Waals surface area contributed by atoms with E-state index in [9.17, 15) is 14.4 Å². The van der Waals surface area contributed by atoms with Crippen molar-refractivity contribution in [1.29, 1.82) is 0 Å². The van der Waals surface area contributed by atoms with Gasteiger partial charge in [-0.05, 0) is 77.0 Å². The lowest BCUT2D eigenvalue weighted by Gasteiger charge is -2.18. The van der Waals surface area contributed by atoms with Crippen LogP contribution in [0.25, 0.3) is 0 Å². The lowest BCUT2D eigenvalue weighted by Crippen LogP contribution is -2.30. The Morgan fingerprint density at radius 3 is 0.725 bits per heavy atom. The van der Waals surface area contributed by atoms with Crippen LogP contribution in [0.5, 0.6) is 0 Å². The summed E-state index contributed by atoms with van der Waals surface area (Å²) in [6.45, 7) is 6.68. The van der Waals surface area contributed by atoms with E-state index in [4.69, 9.17) is 14.2 Å². The number of rotatable bonds is 67. The van der Waals surface area contributed by atoms with E-state index in [1.807, 2.05) is 0 Å². The first-order valence-corrected chi connectivity index (χ1v) is 36.0. The van der Waals surface area contributed by atoms with Gasteiger partial charge in [-0.3, -0.25) is 14.4 Å². The summed E-state index contributed by atoms with van der Waals surface area (Å²) in [5.74, 6) is -0.856. The molecule has 0 radical (unpaired) electrons. The van der Waals surface area contributed by atoms with Gasteiger partial charge in [0.15, 0.2) is 6.10 Å². The molecule has 470 valence electrons. The van der Waals surface area contributed by atoms with Gasteiger partial charge in [0.25, 0.3) is 0 Å². The van der Waals surface area contributed by atoms with Gasteiger partial charge in [0.2, 0.25) is 0 Å². The molecule has 1 unspecified atom stereocenters. The maximum absolute atomic E-state index is 13.0. The first-order valence-electron chi connectivity index (χ1n) is 36.0. The van der Waals surface area contributed by atoms with Crippen LogP contribution in [0, 0.1) is 0 Å². The number of ether oxygens (including phenoxy) is 3. The van der Waals surface area contributed by atoms with Crippen LogP contribution in [-0.2, 0) is 28.6 Å². The average Bonchev–Trinajstić information content (AvgIpc) is 3.46. The Morgan fingerprint density at radius 2 is 0.450 bits per heavy atom. The third kappa shape index (κ3) is 66.4. The summed E-state index contributed by atoms with van der Waals surface area (Å²) < 4.78 is 17.0. The van der Waals surface area contributed by atoms with Crippen LogP contribution >= 0.6 is 0 Å². The van der Waals surface area contributed by atoms with Crippen LogP contribution < -0.4 is 0 Å². The lowest BCUT2D eigenvalue weighted by molar-refractivity contribution is -0.167. The Balaban J connectivity index is 4.25. The molecule has 80 heavy (non-hydrogen) atoms. The van der Waals surface area contributed by atoms with Crippen molar-refractivity contribution in [3.05, 3.63) is 36.5 Å². The number of carbonyl (C=O) groups excluding carboxylic acids is 3. The molecule has 6 heteroatoms. The fourth-order valence-corrected chi connectivity index (χ4v) is 10.9. The molecule has 0 rings (SSSR count). The third-order valence-electron chi connectivity index (χ3n) is 16.4. The Labute approximate surface area is 499 Å². The average molecular weight is 1120 g/mol. The number of unbranched alkanes of at least 4 members (excludes halogenated alkanes) is 50. The molecule has 0 saturated heterocycles. The van der Waals surface area contributed by atoms with Crippen LogP contribution in [0.3, 0.4) is 0 Å². The summed E-state index contributed by atoms with van der Waals surface area (Å²) in [4.78, 5) is 38.5. The maximum Gasteiger partial charge on any atom is 0.306 e. The zero-order valence-corrected chi connectivity index (χ0v) is 54.1. The molecular formula is C74H138O6. The topological polar surface area (TPSA) is 78.9 Å². The van der Waals surface area contributed by atoms with Gasteiger partial charge in [0.1, 0.15) is 13.2 Å². The molecule has 0 amide bonds. The second-order valence-electron chi connectivity index (χ2n) is 24.5. The van der Waals surface area contributed by atoms with Crippen molar-refractivity contribution in [1.82, 2.24) is 0 Å². The minimum Gasteiger partial charge on any atom is -0.462 e. The summed E-state index contributed by atoms with van der Waals surface area (Å²) in [6, 6.07) is 0. The first kappa shape index (κ1) is 77.6. The van der Waals surface area contributed by atoms with Gasteiger partial charge in [-0.15, -0.1) is 0 Å². The molecule has 0 aromatic heterocycles. The third-order valence-corrected chi connectivity index (χ3v) is 16.4. The van der Waals surface area contributed by atoms with Gasteiger partial charge >= 0.3 is 17.9 Å². The quantitative estimate of drug-likeness (QED) is 0.0261. The van der Waals surface area contributed by atoms with Crippen molar-refractivity contribution in [3.8, 4) is 0 Å². The minimum absolute atomic E-state index is 0.0717. The zero-order valence-electron chi connectivity index (χ0n) is 54.1. The fourth-order valence-electron chi connectivity index (χ4n) is 10.9. The normalized spacial score (nSPS) is 12.2. The van der Waals surface area contributed by atoms with Crippen molar-refractivity contribution in [2.75, 3.05) is 13.2 Å². The molecule has 0 bridgehead atoms. The van der Waals surface area contributed by atoms with Gasteiger partial charge in [-0.25, -0.2) is 0 Å². The molecule has 0 saturated carbocycles. The Hall–Kier alpha value is -2.37. The number of hydrogen-bond donors (Lipinski definition) is 0. The van der Waals surface area contributed by atoms with Crippen molar-refractivity contribution < 1.29 is 28.6 Å². The highest BCUT2D eigenvalue weighted by Crippen LogP contribution is 2.19. The molecule has 0 aliphatic rings. The molecule has 0 aromatic rings. The highest BCUT2D eigenvalue weighted by Gasteiger charge is 2.19. The molecule has 0 aliphatic heterocycles. The van der Waals surface area contributed by atoms with Crippen LogP contribution in [0.1, 0.15) is 400 Å². The second-order valence-corrected chi connectivity index (χ2v) is 24.5. The zero-order chi connectivity index (χ0) is 57.8. The smallest absolute Gasteiger partial charge is 0.306 e. The molecule has 0 spiro atoms. The van der Waals surface area contributed by atoms with E-state index in [1.165, 1.54) is 289 Å². The SMILES string of the molecule is CCCCC/C=C\C/C=C\CCCCCCCCCCCC(=O)OC(COC(=O)CCCCCCC/C=C\CCCCCCCCC)COC(=O)CCCCCCCCCCCCCCCCCCCCCCCCCCCCC. The minimum atomic E-state index is -0.777. The second kappa shape index (κ2) is 69.1. The standard InChI is InChI=1S/C74H138O6/c1-4-7-10-13-16-19-22-25-28-31-33-34-35-36-37-38-39-40-42-43-46-49-52-55-58-61-64-67-73(76)79-70-71(69-78-72(75)66-63-60-57-54-51-48-45-30-27-24-21-18-15-12-9-6-3)80-74(77)68-65-62-59-56-53-50-47-44-41-32-29-26-23-20-17-14-11-8-5-2/h17,20,26,29-30,45,71H,4-16,18-19,21-25,27-28,31-44,46-70H2,1-3H3/b20-17-,29-26-,45-30-. The predicted octanol–water partition coefficient (Wildman–Crippen LogP) is 24.7. The number of carbonyl (C=O) groups is 3. The number of hydrogen-bond acceptors (Lipinski definition) is 6. The van der Waals surface area contributed by atoms with Crippen molar-refractivity contribution in [2.24, 2.45) is 0 Å². The van der Waals surface area contributed by atoms with Gasteiger partial charge in [-0.1, -0.05) is 340 Å². The summed E-state index contributed by atoms with van der Waals surface area (Å²) in [6.07, 6.45) is 86.1. The van der Waals surface area contributed by atoms with Gasteiger partial charge in [0, 0.05) is 19.3 Å². The summed E-state index contributed by atoms with van der Waals surface area (Å²) in [7, 11) is 0. The monoisotopic (exact) mass is 1120 g/mol. The van der Waals surface area contributed by atoms with E-state index in [0.29, 0.717) is 19.3 Å². The first-order chi connectivity index (χ1) is 39.5. The molecule has 0 fully saturated rings.